The van der Waals surface area contributed by atoms with Crippen LogP contribution >= 0.6 is 25.3 Å². The third-order valence-electron chi connectivity index (χ3n) is 1.70. The minimum Gasteiger partial charge on any atom is -0.493 e. The Balaban J connectivity index is 2.68. The molecule has 0 heterocycles. The molecule has 1 aromatic carbocycles. The average Bonchev–Trinajstić information content (AvgIpc) is 2.15. The highest BCUT2D eigenvalue weighted by Crippen LogP contribution is 2.22. The normalized spacial score (nSPS) is 12.5. The van der Waals surface area contributed by atoms with Gasteiger partial charge in [-0.25, -0.2) is 0 Å². The molecule has 0 fully saturated rings. The van der Waals surface area contributed by atoms with Gasteiger partial charge in [0.25, 0.3) is 0 Å². The van der Waals surface area contributed by atoms with Crippen LogP contribution in [0.4, 0.5) is 0 Å². The molecule has 0 bridgehead atoms. The van der Waals surface area contributed by atoms with Crippen molar-refractivity contribution in [3.8, 4) is 5.75 Å². The van der Waals surface area contributed by atoms with Crippen molar-refractivity contribution in [3.63, 3.8) is 0 Å². The third-order valence-corrected chi connectivity index (χ3v) is 2.18. The Hall–Kier alpha value is -0.280. The Morgan fingerprint density at radius 3 is 2.85 bits per heavy atom. The Bertz CT molecular complexity index is 261. The van der Waals surface area contributed by atoms with Crippen LogP contribution in [0.15, 0.2) is 24.3 Å². The summed E-state index contributed by atoms with van der Waals surface area (Å²) in [6.07, 6.45) is 0. The zero-order valence-electron chi connectivity index (χ0n) is 7.60. The second-order valence-electron chi connectivity index (χ2n) is 2.82. The zero-order valence-corrected chi connectivity index (χ0v) is 9.39. The number of hydrogen-bond donors (Lipinski definition) is 2. The molecule has 3 heteroatoms. The summed E-state index contributed by atoms with van der Waals surface area (Å²) in [7, 11) is 0. The van der Waals surface area contributed by atoms with Crippen LogP contribution in [0.1, 0.15) is 17.7 Å². The van der Waals surface area contributed by atoms with Crippen LogP contribution < -0.4 is 4.74 Å². The standard InChI is InChI=1S/C10H14OS2/c1-8(13)9-3-2-4-10(7-9)11-5-6-12/h2-4,7-8,12-13H,5-6H2,1H3. The quantitative estimate of drug-likeness (QED) is 0.733. The molecule has 0 saturated carbocycles. The van der Waals surface area contributed by atoms with Crippen LogP contribution in [0.25, 0.3) is 0 Å². The summed E-state index contributed by atoms with van der Waals surface area (Å²) in [6.45, 7) is 2.69. The first-order valence-electron chi connectivity index (χ1n) is 4.25. The Morgan fingerprint density at radius 1 is 1.46 bits per heavy atom. The maximum Gasteiger partial charge on any atom is 0.119 e. The van der Waals surface area contributed by atoms with E-state index in [4.69, 9.17) is 4.74 Å². The molecule has 1 rings (SSSR count). The van der Waals surface area contributed by atoms with E-state index in [9.17, 15) is 0 Å². The highest BCUT2D eigenvalue weighted by molar-refractivity contribution is 7.80. The zero-order chi connectivity index (χ0) is 9.68. The molecule has 0 saturated heterocycles. The monoisotopic (exact) mass is 214 g/mol. The maximum absolute atomic E-state index is 5.44. The third kappa shape index (κ3) is 3.53. The SMILES string of the molecule is CC(S)c1cccc(OCCS)c1. The molecule has 0 N–H and O–H groups in total. The molecular formula is C10H14OS2. The Morgan fingerprint density at radius 2 is 2.23 bits per heavy atom. The van der Waals surface area contributed by atoms with Gasteiger partial charge in [0.2, 0.25) is 0 Å². The van der Waals surface area contributed by atoms with Crippen LogP contribution in [0.5, 0.6) is 5.75 Å². The minimum atomic E-state index is 0.250. The van der Waals surface area contributed by atoms with Crippen molar-refractivity contribution in [3.05, 3.63) is 29.8 Å². The molecule has 0 amide bonds. The van der Waals surface area contributed by atoms with E-state index in [-0.39, 0.29) is 5.25 Å². The van der Waals surface area contributed by atoms with Crippen molar-refractivity contribution in [1.82, 2.24) is 0 Å². The lowest BCUT2D eigenvalue weighted by Crippen LogP contribution is -1.98. The van der Waals surface area contributed by atoms with Crippen LogP contribution in [0.2, 0.25) is 0 Å². The minimum absolute atomic E-state index is 0.250. The lowest BCUT2D eigenvalue weighted by molar-refractivity contribution is 0.344. The van der Waals surface area contributed by atoms with E-state index >= 15 is 0 Å². The van der Waals surface area contributed by atoms with Crippen LogP contribution in [0.3, 0.4) is 0 Å². The largest absolute Gasteiger partial charge is 0.493 e. The predicted octanol–water partition coefficient (Wildman–Crippen LogP) is 2.99. The summed E-state index contributed by atoms with van der Waals surface area (Å²) < 4.78 is 5.44. The van der Waals surface area contributed by atoms with Gasteiger partial charge in [-0.2, -0.15) is 25.3 Å². The first kappa shape index (κ1) is 10.8. The maximum atomic E-state index is 5.44. The topological polar surface area (TPSA) is 9.23 Å². The fraction of sp³-hybridized carbons (Fsp3) is 0.400. The van der Waals surface area contributed by atoms with E-state index in [1.807, 2.05) is 31.2 Å². The van der Waals surface area contributed by atoms with Gasteiger partial charge >= 0.3 is 0 Å². The van der Waals surface area contributed by atoms with Gasteiger partial charge in [0.15, 0.2) is 0 Å². The summed E-state index contributed by atoms with van der Waals surface area (Å²) in [5, 5.41) is 0.250. The summed E-state index contributed by atoms with van der Waals surface area (Å²) in [4.78, 5) is 0. The van der Waals surface area contributed by atoms with Gasteiger partial charge in [0.1, 0.15) is 5.75 Å². The second-order valence-corrected chi connectivity index (χ2v) is 4.04. The highest BCUT2D eigenvalue weighted by atomic mass is 32.1. The molecule has 1 aromatic rings. The molecule has 0 radical (unpaired) electrons. The molecule has 0 aromatic heterocycles. The van der Waals surface area contributed by atoms with Crippen LogP contribution in [-0.4, -0.2) is 12.4 Å². The van der Waals surface area contributed by atoms with E-state index < -0.39 is 0 Å². The van der Waals surface area contributed by atoms with Crippen molar-refractivity contribution in [2.75, 3.05) is 12.4 Å². The van der Waals surface area contributed by atoms with Crippen molar-refractivity contribution < 1.29 is 4.74 Å². The van der Waals surface area contributed by atoms with Crippen molar-refractivity contribution in [1.29, 1.82) is 0 Å². The Kier molecular flexibility index (Phi) is 4.53. The molecule has 0 spiro atoms. The van der Waals surface area contributed by atoms with Gasteiger partial charge in [0.05, 0.1) is 6.61 Å². The van der Waals surface area contributed by atoms with Crippen LogP contribution in [0, 0.1) is 0 Å². The van der Waals surface area contributed by atoms with Gasteiger partial charge in [-0.3, -0.25) is 0 Å². The predicted molar refractivity (Wildman–Crippen MR) is 63.2 cm³/mol. The molecule has 0 aliphatic rings. The van der Waals surface area contributed by atoms with E-state index in [1.165, 1.54) is 5.56 Å². The van der Waals surface area contributed by atoms with Crippen molar-refractivity contribution in [2.45, 2.75) is 12.2 Å². The smallest absolute Gasteiger partial charge is 0.119 e. The second kappa shape index (κ2) is 5.45. The van der Waals surface area contributed by atoms with Gasteiger partial charge in [-0.15, -0.1) is 0 Å². The molecule has 13 heavy (non-hydrogen) atoms. The summed E-state index contributed by atoms with van der Waals surface area (Å²) >= 11 is 8.43. The van der Waals surface area contributed by atoms with Crippen molar-refractivity contribution >= 4 is 25.3 Å². The molecule has 0 aliphatic heterocycles. The number of hydrogen-bond acceptors (Lipinski definition) is 3. The number of ether oxygens (including phenoxy) is 1. The summed E-state index contributed by atoms with van der Waals surface area (Å²) in [5.41, 5.74) is 1.18. The Labute approximate surface area is 90.3 Å². The molecule has 1 unspecified atom stereocenters. The fourth-order valence-corrected chi connectivity index (χ4v) is 1.28. The van der Waals surface area contributed by atoms with E-state index in [0.717, 1.165) is 11.5 Å². The number of benzene rings is 1. The summed E-state index contributed by atoms with van der Waals surface area (Å²) in [5.74, 6) is 1.63. The van der Waals surface area contributed by atoms with Gasteiger partial charge in [-0.05, 0) is 24.6 Å². The first-order chi connectivity index (χ1) is 6.24. The molecule has 72 valence electrons. The van der Waals surface area contributed by atoms with E-state index in [2.05, 4.69) is 25.3 Å². The van der Waals surface area contributed by atoms with Gasteiger partial charge in [0, 0.05) is 11.0 Å². The number of thiol groups is 2. The first-order valence-corrected chi connectivity index (χ1v) is 5.40. The lowest BCUT2D eigenvalue weighted by atomic mass is 10.1. The molecule has 1 nitrogen and oxygen atoms in total. The van der Waals surface area contributed by atoms with Gasteiger partial charge < -0.3 is 4.74 Å². The highest BCUT2D eigenvalue weighted by Gasteiger charge is 2.00. The van der Waals surface area contributed by atoms with Crippen molar-refractivity contribution in [2.24, 2.45) is 0 Å². The molecular weight excluding hydrogens is 200 g/mol. The lowest BCUT2D eigenvalue weighted by Gasteiger charge is -2.08. The summed E-state index contributed by atoms with van der Waals surface area (Å²) in [6, 6.07) is 7.99. The molecule has 1 atom stereocenters. The van der Waals surface area contributed by atoms with E-state index in [0.29, 0.717) is 6.61 Å². The average molecular weight is 214 g/mol. The number of rotatable bonds is 4. The fourth-order valence-electron chi connectivity index (χ4n) is 1.03. The van der Waals surface area contributed by atoms with E-state index in [1.54, 1.807) is 0 Å². The molecule has 0 aliphatic carbocycles. The van der Waals surface area contributed by atoms with Crippen LogP contribution in [-0.2, 0) is 0 Å². The van der Waals surface area contributed by atoms with Gasteiger partial charge in [-0.1, -0.05) is 12.1 Å².